The molecule has 0 aliphatic heterocycles. The molecular formula is C19H17Cl2N2O2+. The third kappa shape index (κ3) is 4.63. The first-order chi connectivity index (χ1) is 12.1. The molecule has 3 N–H and O–H groups in total. The predicted octanol–water partition coefficient (Wildman–Crippen LogP) is 3.88. The van der Waals surface area contributed by atoms with E-state index in [-0.39, 0.29) is 18.5 Å². The Bertz CT molecular complexity index is 836. The van der Waals surface area contributed by atoms with Gasteiger partial charge in [0.1, 0.15) is 0 Å². The largest absolute Gasteiger partial charge is 0.463 e. The number of benzene rings is 2. The lowest BCUT2D eigenvalue weighted by Crippen LogP contribution is -2.87. The summed E-state index contributed by atoms with van der Waals surface area (Å²) in [7, 11) is 0. The van der Waals surface area contributed by atoms with Gasteiger partial charge in [-0.3, -0.25) is 4.79 Å². The summed E-state index contributed by atoms with van der Waals surface area (Å²) in [6.07, 6.45) is 1.63. The third-order valence-electron chi connectivity index (χ3n) is 3.75. The smallest absolute Gasteiger partial charge is 0.279 e. The van der Waals surface area contributed by atoms with Crippen molar-refractivity contribution >= 4 is 34.8 Å². The molecule has 6 heteroatoms. The Kier molecular flexibility index (Phi) is 5.76. The first-order valence-corrected chi connectivity index (χ1v) is 8.55. The highest BCUT2D eigenvalue weighted by molar-refractivity contribution is 6.36. The summed E-state index contributed by atoms with van der Waals surface area (Å²) >= 11 is 12.0. The van der Waals surface area contributed by atoms with Gasteiger partial charge in [-0.25, -0.2) is 0 Å². The van der Waals surface area contributed by atoms with Gasteiger partial charge in [-0.15, -0.1) is 0 Å². The Balaban J connectivity index is 1.68. The van der Waals surface area contributed by atoms with Crippen molar-refractivity contribution in [1.29, 1.82) is 0 Å². The molecule has 3 rings (SSSR count). The number of rotatable bonds is 6. The standard InChI is InChI=1S/C19H16Cl2N2O2/c20-14-8-9-16(15(21)11-14)23-18(24)12-22-19(17-7-4-10-25-17)13-5-2-1-3-6-13/h1-11,19,22H,12H2,(H,23,24)/p+1/t19-/m0/s1. The average Bonchev–Trinajstić information content (AvgIpc) is 3.13. The molecule has 0 saturated heterocycles. The van der Waals surface area contributed by atoms with Gasteiger partial charge in [-0.05, 0) is 30.3 Å². The maximum atomic E-state index is 12.3. The molecule has 1 heterocycles. The Morgan fingerprint density at radius 2 is 1.88 bits per heavy atom. The van der Waals surface area contributed by atoms with Crippen LogP contribution in [0.25, 0.3) is 0 Å². The molecule has 128 valence electrons. The first kappa shape index (κ1) is 17.5. The van der Waals surface area contributed by atoms with Crippen molar-refractivity contribution in [3.05, 3.63) is 88.3 Å². The minimum absolute atomic E-state index is 0.0948. The van der Waals surface area contributed by atoms with Crippen molar-refractivity contribution in [2.45, 2.75) is 6.04 Å². The molecule has 2 aromatic carbocycles. The number of halogens is 2. The zero-order chi connectivity index (χ0) is 17.6. The molecule has 3 aromatic rings. The van der Waals surface area contributed by atoms with Crippen LogP contribution in [-0.4, -0.2) is 12.5 Å². The summed E-state index contributed by atoms with van der Waals surface area (Å²) in [6, 6.07) is 18.5. The van der Waals surface area contributed by atoms with Crippen LogP contribution in [0, 0.1) is 0 Å². The molecule has 1 aromatic heterocycles. The predicted molar refractivity (Wildman–Crippen MR) is 98.9 cm³/mol. The molecule has 0 unspecified atom stereocenters. The molecule has 0 aliphatic rings. The van der Waals surface area contributed by atoms with Gasteiger partial charge in [0.05, 0.1) is 17.0 Å². The number of amides is 1. The number of carbonyl (C=O) groups excluding carboxylic acids is 1. The van der Waals surface area contributed by atoms with Crippen LogP contribution in [0.15, 0.2) is 71.3 Å². The second kappa shape index (κ2) is 8.21. The molecule has 4 nitrogen and oxygen atoms in total. The number of hydrogen-bond acceptors (Lipinski definition) is 2. The highest BCUT2D eigenvalue weighted by Crippen LogP contribution is 2.25. The zero-order valence-corrected chi connectivity index (χ0v) is 14.8. The minimum Gasteiger partial charge on any atom is -0.463 e. The molecule has 0 fully saturated rings. The summed E-state index contributed by atoms with van der Waals surface area (Å²) in [5.74, 6) is 0.639. The lowest BCUT2D eigenvalue weighted by molar-refractivity contribution is -0.678. The summed E-state index contributed by atoms with van der Waals surface area (Å²) < 4.78 is 5.53. The number of quaternary nitrogens is 1. The average molecular weight is 376 g/mol. The van der Waals surface area contributed by atoms with Gasteiger partial charge in [0, 0.05) is 10.6 Å². The third-order valence-corrected chi connectivity index (χ3v) is 4.30. The van der Waals surface area contributed by atoms with Gasteiger partial charge in [0.2, 0.25) is 0 Å². The Morgan fingerprint density at radius 3 is 2.56 bits per heavy atom. The van der Waals surface area contributed by atoms with Crippen molar-refractivity contribution in [3.8, 4) is 0 Å². The minimum atomic E-state index is -0.156. The van der Waals surface area contributed by atoms with Crippen molar-refractivity contribution in [2.24, 2.45) is 0 Å². The molecule has 0 bridgehead atoms. The van der Waals surface area contributed by atoms with Gasteiger partial charge in [-0.2, -0.15) is 0 Å². The molecule has 1 atom stereocenters. The van der Waals surface area contributed by atoms with E-state index in [0.717, 1.165) is 11.3 Å². The Hall–Kier alpha value is -2.27. The number of furan rings is 1. The van der Waals surface area contributed by atoms with E-state index in [2.05, 4.69) is 5.32 Å². The molecule has 25 heavy (non-hydrogen) atoms. The van der Waals surface area contributed by atoms with Gasteiger partial charge in [0.25, 0.3) is 5.91 Å². The molecule has 0 saturated carbocycles. The SMILES string of the molecule is O=C(C[NH2+][C@@H](c1ccccc1)c1ccco1)Nc1ccc(Cl)cc1Cl. The van der Waals surface area contributed by atoms with Gasteiger partial charge < -0.3 is 15.1 Å². The van der Waals surface area contributed by atoms with Crippen LogP contribution in [0.3, 0.4) is 0 Å². The second-order valence-corrected chi connectivity index (χ2v) is 6.36. The van der Waals surface area contributed by atoms with E-state index in [4.69, 9.17) is 27.6 Å². The molecule has 0 spiro atoms. The summed E-state index contributed by atoms with van der Waals surface area (Å²) in [5.41, 5.74) is 1.61. The highest BCUT2D eigenvalue weighted by atomic mass is 35.5. The van der Waals surface area contributed by atoms with E-state index < -0.39 is 0 Å². The van der Waals surface area contributed by atoms with E-state index in [1.165, 1.54) is 0 Å². The molecule has 1 amide bonds. The number of hydrogen-bond donors (Lipinski definition) is 2. The molecular weight excluding hydrogens is 359 g/mol. The fourth-order valence-electron chi connectivity index (χ4n) is 2.56. The summed E-state index contributed by atoms with van der Waals surface area (Å²) in [4.78, 5) is 12.3. The second-order valence-electron chi connectivity index (χ2n) is 5.52. The van der Waals surface area contributed by atoms with Gasteiger partial charge >= 0.3 is 0 Å². The molecule has 0 aliphatic carbocycles. The lowest BCUT2D eigenvalue weighted by atomic mass is 10.0. The number of carbonyl (C=O) groups is 1. The topological polar surface area (TPSA) is 58.9 Å². The number of anilines is 1. The quantitative estimate of drug-likeness (QED) is 0.686. The van der Waals surface area contributed by atoms with Crippen LogP contribution in [0.4, 0.5) is 5.69 Å². The summed E-state index contributed by atoms with van der Waals surface area (Å²) in [6.45, 7) is 0.221. The fourth-order valence-corrected chi connectivity index (χ4v) is 3.02. The van der Waals surface area contributed by atoms with Crippen molar-refractivity contribution in [1.82, 2.24) is 0 Å². The number of nitrogens with one attached hydrogen (secondary N) is 1. The van der Waals surface area contributed by atoms with Crippen molar-refractivity contribution in [3.63, 3.8) is 0 Å². The normalized spacial score (nSPS) is 11.9. The van der Waals surface area contributed by atoms with E-state index in [1.54, 1.807) is 24.5 Å². The van der Waals surface area contributed by atoms with Crippen LogP contribution >= 0.6 is 23.2 Å². The zero-order valence-electron chi connectivity index (χ0n) is 13.3. The maximum Gasteiger partial charge on any atom is 0.279 e. The van der Waals surface area contributed by atoms with Gasteiger partial charge in [0.15, 0.2) is 18.3 Å². The van der Waals surface area contributed by atoms with Crippen LogP contribution in [0.2, 0.25) is 10.0 Å². The monoisotopic (exact) mass is 375 g/mol. The van der Waals surface area contributed by atoms with E-state index in [9.17, 15) is 4.79 Å². The fraction of sp³-hybridized carbons (Fsp3) is 0.105. The lowest BCUT2D eigenvalue weighted by Gasteiger charge is -2.14. The Morgan fingerprint density at radius 1 is 1.08 bits per heavy atom. The van der Waals surface area contributed by atoms with Crippen LogP contribution in [0.5, 0.6) is 0 Å². The Labute approximate surface area is 155 Å². The van der Waals surface area contributed by atoms with E-state index >= 15 is 0 Å². The van der Waals surface area contributed by atoms with Crippen LogP contribution in [-0.2, 0) is 4.79 Å². The molecule has 0 radical (unpaired) electrons. The van der Waals surface area contributed by atoms with Crippen LogP contribution in [0.1, 0.15) is 17.4 Å². The van der Waals surface area contributed by atoms with Crippen molar-refractivity contribution in [2.75, 3.05) is 11.9 Å². The van der Waals surface area contributed by atoms with Gasteiger partial charge in [-0.1, -0.05) is 53.5 Å². The number of nitrogens with two attached hydrogens (primary N) is 1. The van der Waals surface area contributed by atoms with E-state index in [1.807, 2.05) is 47.8 Å². The summed E-state index contributed by atoms with van der Waals surface area (Å²) in [5, 5.41) is 5.66. The first-order valence-electron chi connectivity index (χ1n) is 7.80. The van der Waals surface area contributed by atoms with Crippen molar-refractivity contribution < 1.29 is 14.5 Å². The maximum absolute atomic E-state index is 12.3. The van der Waals surface area contributed by atoms with Crippen LogP contribution < -0.4 is 10.6 Å². The van der Waals surface area contributed by atoms with E-state index in [0.29, 0.717) is 15.7 Å². The highest BCUT2D eigenvalue weighted by Gasteiger charge is 2.21.